The number of aliphatic hydroxyl groups excluding tert-OH is 1. The highest BCUT2D eigenvalue weighted by molar-refractivity contribution is 7.89. The number of rotatable bonds is 6. The van der Waals surface area contributed by atoms with Gasteiger partial charge in [0.25, 0.3) is 17.6 Å². The highest BCUT2D eigenvalue weighted by atomic mass is 32.2. The number of fused-ring (bicyclic) bond motifs is 2. The first-order valence-electron chi connectivity index (χ1n) is 13.8. The molecule has 13 heteroatoms. The first kappa shape index (κ1) is 28.5. The van der Waals surface area contributed by atoms with Crippen LogP contribution in [0.15, 0.2) is 59.0 Å². The van der Waals surface area contributed by atoms with E-state index in [4.69, 9.17) is 9.47 Å². The Balaban J connectivity index is 1.44. The van der Waals surface area contributed by atoms with Gasteiger partial charge >= 0.3 is 0 Å². The number of hydrogen-bond acceptors (Lipinski definition) is 9. The van der Waals surface area contributed by atoms with Gasteiger partial charge in [-0.05, 0) is 30.3 Å². The highest BCUT2D eigenvalue weighted by Gasteiger charge is 2.66. The van der Waals surface area contributed by atoms with E-state index in [0.717, 1.165) is 0 Å². The van der Waals surface area contributed by atoms with Crippen LogP contribution in [0.1, 0.15) is 11.1 Å². The third-order valence-corrected chi connectivity index (χ3v) is 10.3. The Morgan fingerprint density at radius 2 is 1.50 bits per heavy atom. The lowest BCUT2D eigenvalue weighted by Gasteiger charge is -2.36. The monoisotopic (exact) mass is 596 g/mol. The molecule has 0 aliphatic carbocycles. The second-order valence-corrected chi connectivity index (χ2v) is 12.5. The van der Waals surface area contributed by atoms with E-state index >= 15 is 0 Å². The lowest BCUT2D eigenvalue weighted by Crippen LogP contribution is -2.53. The van der Waals surface area contributed by atoms with Crippen molar-refractivity contribution in [1.82, 2.24) is 14.1 Å². The van der Waals surface area contributed by atoms with Gasteiger partial charge in [-0.2, -0.15) is 4.31 Å². The van der Waals surface area contributed by atoms with Crippen molar-refractivity contribution in [2.24, 2.45) is 0 Å². The van der Waals surface area contributed by atoms with Gasteiger partial charge in [0.15, 0.2) is 5.54 Å². The molecule has 4 aliphatic rings. The number of ketones is 1. The van der Waals surface area contributed by atoms with Crippen LogP contribution in [0.2, 0.25) is 0 Å². The second-order valence-electron chi connectivity index (χ2n) is 10.6. The molecule has 42 heavy (non-hydrogen) atoms. The lowest BCUT2D eigenvalue weighted by molar-refractivity contribution is -0.144. The summed E-state index contributed by atoms with van der Waals surface area (Å²) in [6, 6.07) is 12.4. The number of anilines is 1. The number of sulfonamides is 1. The van der Waals surface area contributed by atoms with E-state index in [1.165, 1.54) is 38.4 Å². The number of ether oxygens (including phenoxy) is 2. The van der Waals surface area contributed by atoms with Crippen molar-refractivity contribution in [3.8, 4) is 0 Å². The minimum absolute atomic E-state index is 0.0173. The van der Waals surface area contributed by atoms with Gasteiger partial charge in [-0.25, -0.2) is 8.42 Å². The van der Waals surface area contributed by atoms with Crippen molar-refractivity contribution in [2.45, 2.75) is 10.4 Å². The number of aliphatic hydroxyl groups is 1. The van der Waals surface area contributed by atoms with Crippen LogP contribution < -0.4 is 4.90 Å². The van der Waals surface area contributed by atoms with Gasteiger partial charge < -0.3 is 24.4 Å². The van der Waals surface area contributed by atoms with Crippen LogP contribution in [0.5, 0.6) is 0 Å². The molecule has 3 saturated heterocycles. The maximum atomic E-state index is 14.2. The summed E-state index contributed by atoms with van der Waals surface area (Å²) in [6.07, 6.45) is 0. The van der Waals surface area contributed by atoms with Crippen molar-refractivity contribution in [3.63, 3.8) is 0 Å². The topological polar surface area (TPSA) is 137 Å². The summed E-state index contributed by atoms with van der Waals surface area (Å²) >= 11 is 0. The summed E-state index contributed by atoms with van der Waals surface area (Å²) in [6.45, 7) is 3.95. The van der Waals surface area contributed by atoms with Crippen molar-refractivity contribution in [3.05, 3.63) is 65.2 Å². The molecule has 2 amide bonds. The highest BCUT2D eigenvalue weighted by Crippen LogP contribution is 2.53. The Kier molecular flexibility index (Phi) is 7.39. The third-order valence-electron chi connectivity index (χ3n) is 8.42. The fraction of sp³-hybridized carbons (Fsp3) is 0.414. The van der Waals surface area contributed by atoms with Gasteiger partial charge in [-0.15, -0.1) is 0 Å². The molecule has 0 bridgehead atoms. The fourth-order valence-corrected chi connectivity index (χ4v) is 7.61. The molecular formula is C29H32N4O8S. The number of hydrogen-bond donors (Lipinski definition) is 1. The van der Waals surface area contributed by atoms with E-state index in [1.54, 1.807) is 31.3 Å². The number of benzene rings is 2. The molecule has 0 aromatic heterocycles. The van der Waals surface area contributed by atoms with Crippen LogP contribution in [-0.2, 0) is 39.4 Å². The zero-order valence-corrected chi connectivity index (χ0v) is 24.0. The van der Waals surface area contributed by atoms with Gasteiger partial charge in [-0.3, -0.25) is 19.3 Å². The quantitative estimate of drug-likeness (QED) is 0.289. The predicted molar refractivity (Wildman–Crippen MR) is 151 cm³/mol. The first-order chi connectivity index (χ1) is 20.2. The second kappa shape index (κ2) is 10.9. The van der Waals surface area contributed by atoms with Gasteiger partial charge in [0.05, 0.1) is 36.9 Å². The molecule has 2 aromatic carbocycles. The summed E-state index contributed by atoms with van der Waals surface area (Å²) in [4.78, 5) is 46.3. The molecule has 4 aliphatic heterocycles. The maximum Gasteiger partial charge on any atom is 0.296 e. The molecule has 0 saturated carbocycles. The molecule has 3 fully saturated rings. The van der Waals surface area contributed by atoms with Crippen molar-refractivity contribution in [2.75, 3.05) is 77.6 Å². The number of morpholine rings is 2. The molecule has 1 N–H and O–H groups in total. The molecular weight excluding hydrogens is 564 g/mol. The molecule has 0 unspecified atom stereocenters. The van der Waals surface area contributed by atoms with E-state index in [0.29, 0.717) is 57.3 Å². The Hall–Kier alpha value is -3.62. The molecule has 6 rings (SSSR count). The maximum absolute atomic E-state index is 14.2. The minimum atomic E-state index is -3.80. The summed E-state index contributed by atoms with van der Waals surface area (Å²) in [5, 5.41) is 11.6. The van der Waals surface area contributed by atoms with E-state index in [-0.39, 0.29) is 35.7 Å². The van der Waals surface area contributed by atoms with Crippen molar-refractivity contribution >= 4 is 39.1 Å². The van der Waals surface area contributed by atoms with Crippen LogP contribution in [0.4, 0.5) is 5.69 Å². The van der Waals surface area contributed by atoms with E-state index in [1.807, 2.05) is 0 Å². The van der Waals surface area contributed by atoms with Crippen LogP contribution >= 0.6 is 0 Å². The van der Waals surface area contributed by atoms with Crippen molar-refractivity contribution < 1.29 is 37.4 Å². The fourth-order valence-electron chi connectivity index (χ4n) is 6.20. The normalized spacial score (nSPS) is 25.0. The average molecular weight is 597 g/mol. The number of likely N-dealkylation sites (tertiary alicyclic amines) is 1. The first-order valence-corrected chi connectivity index (χ1v) is 15.3. The number of Topliss-reactive ketones (excluding diaryl/α,β-unsaturated/α-hetero) is 1. The Labute approximate surface area is 243 Å². The molecule has 222 valence electrons. The van der Waals surface area contributed by atoms with Crippen LogP contribution in [0.3, 0.4) is 0 Å². The molecule has 1 atom stereocenters. The van der Waals surface area contributed by atoms with E-state index < -0.39 is 38.9 Å². The van der Waals surface area contributed by atoms with E-state index in [2.05, 4.69) is 4.90 Å². The number of para-hydroxylation sites is 1. The summed E-state index contributed by atoms with van der Waals surface area (Å²) in [7, 11) is -2.22. The van der Waals surface area contributed by atoms with E-state index in [9.17, 15) is 27.9 Å². The van der Waals surface area contributed by atoms with Crippen LogP contribution in [-0.4, -0.2) is 118 Å². The van der Waals surface area contributed by atoms with Gasteiger partial charge in [0.2, 0.25) is 10.0 Å². The van der Waals surface area contributed by atoms with Crippen LogP contribution in [0.25, 0.3) is 5.76 Å². The largest absolute Gasteiger partial charge is 0.507 e. The number of likely N-dealkylation sites (N-methyl/N-ethyl adjacent to an activating group) is 1. The Bertz CT molecular complexity index is 1560. The van der Waals surface area contributed by atoms with Crippen molar-refractivity contribution in [1.29, 1.82) is 0 Å². The average Bonchev–Trinajstić information content (AvgIpc) is 3.38. The zero-order valence-electron chi connectivity index (χ0n) is 23.2. The summed E-state index contributed by atoms with van der Waals surface area (Å²) < 4.78 is 38.2. The standard InChI is InChI=1S/C29H32N4O8S/c1-30-23-5-3-2-4-22(23)29(28(30)37)24(26(35)27(36)33(29)11-10-31-12-16-40-17-13-31)25(34)20-6-8-21(9-7-20)42(38,39)32-14-18-41-19-15-32/h2-9,34H,10-19H2,1H3/t29-/m1/s1. The number of carbonyl (C=O) groups is 3. The minimum Gasteiger partial charge on any atom is -0.507 e. The molecule has 1 spiro atoms. The molecule has 4 heterocycles. The van der Waals surface area contributed by atoms with Crippen LogP contribution in [0, 0.1) is 0 Å². The van der Waals surface area contributed by atoms with Gasteiger partial charge in [0, 0.05) is 63.1 Å². The molecule has 12 nitrogen and oxygen atoms in total. The SMILES string of the molecule is CN1C(=O)[C@]2(C(=C(O)c3ccc(S(=O)(=O)N4CCOCC4)cc3)C(=O)C(=O)N2CCN2CCOCC2)c2ccccc21. The smallest absolute Gasteiger partial charge is 0.296 e. The lowest BCUT2D eigenvalue weighted by atomic mass is 9.82. The zero-order chi connectivity index (χ0) is 29.6. The third kappa shape index (κ3) is 4.34. The van der Waals surface area contributed by atoms with Gasteiger partial charge in [0.1, 0.15) is 5.76 Å². The molecule has 2 aromatic rings. The number of amides is 2. The number of nitrogens with zero attached hydrogens (tertiary/aromatic N) is 4. The molecule has 0 radical (unpaired) electrons. The number of carbonyl (C=O) groups excluding carboxylic acids is 3. The summed E-state index contributed by atoms with van der Waals surface area (Å²) in [5.74, 6) is -2.93. The van der Waals surface area contributed by atoms with Gasteiger partial charge in [-0.1, -0.05) is 18.2 Å². The Morgan fingerprint density at radius 1 is 0.881 bits per heavy atom. The summed E-state index contributed by atoms with van der Waals surface area (Å²) in [5.41, 5.74) is -1.14. The Morgan fingerprint density at radius 3 is 2.17 bits per heavy atom. The predicted octanol–water partition coefficient (Wildman–Crippen LogP) is 0.592.